The molecule has 150 valence electrons. The largest absolute Gasteiger partial charge is 0.496 e. The number of hydrogen-bond donors (Lipinski definition) is 1. The van der Waals surface area contributed by atoms with Crippen LogP contribution in [0.3, 0.4) is 0 Å². The minimum absolute atomic E-state index is 0.168. The third kappa shape index (κ3) is 3.84. The summed E-state index contributed by atoms with van der Waals surface area (Å²) in [5.41, 5.74) is 5.74. The number of halogens is 1. The second kappa shape index (κ2) is 8.07. The number of benzene rings is 2. The number of nitrogens with one attached hydrogen (secondary N) is 1. The van der Waals surface area contributed by atoms with E-state index < -0.39 is 0 Å². The smallest absolute Gasteiger partial charge is 0.248 e. The van der Waals surface area contributed by atoms with Gasteiger partial charge in [0.1, 0.15) is 17.1 Å². The van der Waals surface area contributed by atoms with Crippen LogP contribution < -0.4 is 10.1 Å². The summed E-state index contributed by atoms with van der Waals surface area (Å²) in [5.74, 6) is 1.69. The fourth-order valence-corrected chi connectivity index (χ4v) is 4.34. The normalized spacial score (nSPS) is 14.0. The van der Waals surface area contributed by atoms with Gasteiger partial charge in [0, 0.05) is 44.7 Å². The summed E-state index contributed by atoms with van der Waals surface area (Å²) in [6.07, 6.45) is 6.01. The van der Waals surface area contributed by atoms with Crippen molar-refractivity contribution in [1.29, 1.82) is 0 Å². The van der Waals surface area contributed by atoms with Crippen LogP contribution in [0.1, 0.15) is 42.2 Å². The van der Waals surface area contributed by atoms with Crippen LogP contribution in [-0.2, 0) is 17.6 Å². The van der Waals surface area contributed by atoms with Crippen molar-refractivity contribution < 1.29 is 13.9 Å². The lowest BCUT2D eigenvalue weighted by Gasteiger charge is -2.13. The number of ether oxygens (including phenoxy) is 1. The van der Waals surface area contributed by atoms with Crippen LogP contribution >= 0.6 is 15.9 Å². The highest BCUT2D eigenvalue weighted by Gasteiger charge is 2.23. The van der Waals surface area contributed by atoms with E-state index in [2.05, 4.69) is 27.3 Å². The molecular weight excluding hydrogens is 430 g/mol. The molecule has 0 saturated carbocycles. The molecule has 0 fully saturated rings. The SMILES string of the molecule is COc1c(/C(C)=C/C(=O)Nc2ccc(Br)cc2)cc2c3c(oc2c1C)CCCC3. The fourth-order valence-electron chi connectivity index (χ4n) is 4.08. The zero-order valence-corrected chi connectivity index (χ0v) is 18.5. The van der Waals surface area contributed by atoms with E-state index in [0.717, 1.165) is 62.2 Å². The highest BCUT2D eigenvalue weighted by Crippen LogP contribution is 2.41. The topological polar surface area (TPSA) is 51.5 Å². The average molecular weight is 454 g/mol. The van der Waals surface area contributed by atoms with Crippen molar-refractivity contribution in [2.75, 3.05) is 12.4 Å². The molecule has 1 heterocycles. The van der Waals surface area contributed by atoms with Gasteiger partial charge in [-0.3, -0.25) is 4.79 Å². The van der Waals surface area contributed by atoms with Gasteiger partial charge in [0.05, 0.1) is 7.11 Å². The lowest BCUT2D eigenvalue weighted by atomic mass is 9.93. The fraction of sp³-hybridized carbons (Fsp3) is 0.292. The lowest BCUT2D eigenvalue weighted by molar-refractivity contribution is -0.111. The van der Waals surface area contributed by atoms with Crippen molar-refractivity contribution in [3.63, 3.8) is 0 Å². The second-order valence-electron chi connectivity index (χ2n) is 7.49. The first-order valence-corrected chi connectivity index (χ1v) is 10.6. The van der Waals surface area contributed by atoms with E-state index in [1.807, 2.05) is 38.1 Å². The number of amides is 1. The quantitative estimate of drug-likeness (QED) is 0.462. The number of anilines is 1. The second-order valence-corrected chi connectivity index (χ2v) is 8.41. The van der Waals surface area contributed by atoms with Crippen molar-refractivity contribution in [2.45, 2.75) is 39.5 Å². The van der Waals surface area contributed by atoms with Gasteiger partial charge >= 0.3 is 0 Å². The third-order valence-electron chi connectivity index (χ3n) is 5.52. The molecule has 0 atom stereocenters. The van der Waals surface area contributed by atoms with Crippen LogP contribution in [0.2, 0.25) is 0 Å². The molecule has 5 heteroatoms. The average Bonchev–Trinajstić information content (AvgIpc) is 3.08. The predicted molar refractivity (Wildman–Crippen MR) is 121 cm³/mol. The van der Waals surface area contributed by atoms with Gasteiger partial charge in [0.2, 0.25) is 5.91 Å². The summed E-state index contributed by atoms with van der Waals surface area (Å²) in [7, 11) is 1.66. The van der Waals surface area contributed by atoms with E-state index >= 15 is 0 Å². The van der Waals surface area contributed by atoms with Gasteiger partial charge in [0.25, 0.3) is 0 Å². The van der Waals surface area contributed by atoms with Crippen LogP contribution in [-0.4, -0.2) is 13.0 Å². The van der Waals surface area contributed by atoms with Gasteiger partial charge in [0.15, 0.2) is 0 Å². The van der Waals surface area contributed by atoms with E-state index in [9.17, 15) is 4.79 Å². The lowest BCUT2D eigenvalue weighted by Crippen LogP contribution is -2.08. The number of allylic oxidation sites excluding steroid dienone is 1. The van der Waals surface area contributed by atoms with Crippen LogP contribution in [0.4, 0.5) is 5.69 Å². The molecule has 1 amide bonds. The summed E-state index contributed by atoms with van der Waals surface area (Å²) < 4.78 is 12.9. The number of fused-ring (bicyclic) bond motifs is 3. The predicted octanol–water partition coefficient (Wildman–Crippen LogP) is 6.43. The minimum atomic E-state index is -0.168. The monoisotopic (exact) mass is 453 g/mol. The molecule has 29 heavy (non-hydrogen) atoms. The van der Waals surface area contributed by atoms with E-state index in [1.54, 1.807) is 13.2 Å². The van der Waals surface area contributed by atoms with Gasteiger partial charge in [-0.15, -0.1) is 0 Å². The summed E-state index contributed by atoms with van der Waals surface area (Å²) >= 11 is 3.40. The molecule has 1 aliphatic carbocycles. The van der Waals surface area contributed by atoms with Crippen LogP contribution in [0, 0.1) is 6.92 Å². The Morgan fingerprint density at radius 2 is 1.93 bits per heavy atom. The first kappa shape index (κ1) is 19.8. The van der Waals surface area contributed by atoms with Gasteiger partial charge in [-0.2, -0.15) is 0 Å². The molecule has 0 bridgehead atoms. The van der Waals surface area contributed by atoms with E-state index in [1.165, 1.54) is 18.4 Å². The Bertz CT molecular complexity index is 1110. The maximum absolute atomic E-state index is 12.6. The molecule has 0 radical (unpaired) electrons. The van der Waals surface area contributed by atoms with Crippen molar-refractivity contribution in [1.82, 2.24) is 0 Å². The summed E-state index contributed by atoms with van der Waals surface area (Å²) in [6.45, 7) is 3.96. The number of hydrogen-bond acceptors (Lipinski definition) is 3. The Kier molecular flexibility index (Phi) is 5.50. The Morgan fingerprint density at radius 3 is 2.66 bits per heavy atom. The number of carbonyl (C=O) groups excluding carboxylic acids is 1. The van der Waals surface area contributed by atoms with Crippen molar-refractivity contribution in [2.24, 2.45) is 0 Å². The molecule has 1 N–H and O–H groups in total. The van der Waals surface area contributed by atoms with Crippen LogP contribution in [0.5, 0.6) is 5.75 Å². The maximum atomic E-state index is 12.6. The van der Waals surface area contributed by atoms with Gasteiger partial charge in [-0.1, -0.05) is 15.9 Å². The van der Waals surface area contributed by atoms with Crippen molar-refractivity contribution >= 4 is 44.1 Å². The summed E-state index contributed by atoms with van der Waals surface area (Å²) in [6, 6.07) is 9.63. The molecule has 0 aliphatic heterocycles. The van der Waals surface area contributed by atoms with Gasteiger partial charge < -0.3 is 14.5 Å². The molecule has 2 aromatic carbocycles. The number of aryl methyl sites for hydroxylation is 3. The first-order chi connectivity index (χ1) is 14.0. The highest BCUT2D eigenvalue weighted by molar-refractivity contribution is 9.10. The maximum Gasteiger partial charge on any atom is 0.248 e. The molecule has 0 spiro atoms. The molecule has 1 aromatic heterocycles. The minimum Gasteiger partial charge on any atom is -0.496 e. The third-order valence-corrected chi connectivity index (χ3v) is 6.04. The molecule has 0 unspecified atom stereocenters. The van der Waals surface area contributed by atoms with E-state index in [-0.39, 0.29) is 5.91 Å². The summed E-state index contributed by atoms with van der Waals surface area (Å²) in [5, 5.41) is 4.06. The van der Waals surface area contributed by atoms with Gasteiger partial charge in [-0.25, -0.2) is 0 Å². The summed E-state index contributed by atoms with van der Waals surface area (Å²) in [4.78, 5) is 12.6. The number of furan rings is 1. The Hall–Kier alpha value is -2.53. The van der Waals surface area contributed by atoms with Crippen molar-refractivity contribution in [3.05, 3.63) is 63.3 Å². The molecular formula is C24H24BrNO3. The van der Waals surface area contributed by atoms with Crippen LogP contribution in [0.15, 0.2) is 45.3 Å². The number of methoxy groups -OCH3 is 1. The zero-order chi connectivity index (χ0) is 20.5. The molecule has 0 saturated heterocycles. The van der Waals surface area contributed by atoms with Crippen molar-refractivity contribution in [3.8, 4) is 5.75 Å². The molecule has 3 aromatic rings. The Labute approximate surface area is 179 Å². The molecule has 4 rings (SSSR count). The van der Waals surface area contributed by atoms with Gasteiger partial charge in [-0.05, 0) is 69.0 Å². The first-order valence-electron chi connectivity index (χ1n) is 9.85. The Morgan fingerprint density at radius 1 is 1.21 bits per heavy atom. The zero-order valence-electron chi connectivity index (χ0n) is 16.9. The Balaban J connectivity index is 1.72. The molecule has 4 nitrogen and oxygen atoms in total. The van der Waals surface area contributed by atoms with E-state index in [4.69, 9.17) is 9.15 Å². The van der Waals surface area contributed by atoms with E-state index in [0.29, 0.717) is 0 Å². The number of rotatable bonds is 4. The standard InChI is InChI=1S/C24H24BrNO3/c1-14(12-22(27)26-17-10-8-16(25)9-11-17)19-13-20-18-6-4-5-7-21(18)29-24(20)15(2)23(19)28-3/h8-13H,4-7H2,1-3H3,(H,26,27)/b14-12+. The highest BCUT2D eigenvalue weighted by atomic mass is 79.9. The molecule has 1 aliphatic rings. The van der Waals surface area contributed by atoms with Crippen LogP contribution in [0.25, 0.3) is 16.5 Å². The number of carbonyl (C=O) groups is 1.